The van der Waals surface area contributed by atoms with Gasteiger partial charge in [0.15, 0.2) is 0 Å². The Hall–Kier alpha value is -2.91. The van der Waals surface area contributed by atoms with Crippen molar-refractivity contribution in [3.63, 3.8) is 0 Å². The molecule has 0 saturated heterocycles. The Morgan fingerprint density at radius 2 is 1.85 bits per heavy atom. The van der Waals surface area contributed by atoms with Crippen molar-refractivity contribution in [1.29, 1.82) is 0 Å². The zero-order valence-corrected chi connectivity index (χ0v) is 15.0. The minimum atomic E-state index is -0.215. The lowest BCUT2D eigenvalue weighted by Gasteiger charge is -2.11. The van der Waals surface area contributed by atoms with Gasteiger partial charge in [-0.2, -0.15) is 0 Å². The zero-order valence-electron chi connectivity index (χ0n) is 14.3. The highest BCUT2D eigenvalue weighted by atomic mass is 35.5. The number of benzene rings is 3. The largest absolute Gasteiger partial charge is 0.322 e. The van der Waals surface area contributed by atoms with Crippen LogP contribution in [0.1, 0.15) is 27.0 Å². The van der Waals surface area contributed by atoms with Crippen molar-refractivity contribution in [2.75, 3.05) is 5.32 Å². The van der Waals surface area contributed by atoms with Crippen LogP contribution in [-0.4, -0.2) is 12.1 Å². The third kappa shape index (κ3) is 3.14. The van der Waals surface area contributed by atoms with Crippen LogP contribution >= 0.6 is 11.6 Å². The highest BCUT2D eigenvalue weighted by Gasteiger charge is 2.12. The molecule has 0 unspecified atom stereocenters. The average Bonchev–Trinajstić information content (AvgIpc) is 3.09. The van der Waals surface area contributed by atoms with E-state index in [2.05, 4.69) is 29.4 Å². The Labute approximate surface area is 157 Å². The molecule has 0 radical (unpaired) electrons. The van der Waals surface area contributed by atoms with E-state index in [1.54, 1.807) is 24.3 Å². The van der Waals surface area contributed by atoms with Gasteiger partial charge in [-0.3, -0.25) is 9.79 Å². The summed E-state index contributed by atoms with van der Waals surface area (Å²) in [6.45, 7) is 2.88. The second-order valence-corrected chi connectivity index (χ2v) is 6.75. The number of hydrogen-bond acceptors (Lipinski definition) is 2. The maximum absolute atomic E-state index is 12.4. The first-order valence-corrected chi connectivity index (χ1v) is 8.79. The number of carbonyl (C=O) groups is 1. The summed E-state index contributed by atoms with van der Waals surface area (Å²) in [4.78, 5) is 16.7. The third-order valence-electron chi connectivity index (χ3n) is 4.55. The van der Waals surface area contributed by atoms with Crippen molar-refractivity contribution in [3.8, 4) is 11.1 Å². The molecule has 0 saturated carbocycles. The SMILES string of the molecule is Cc1cc2c(cc1-c1ccc(NC(=O)c3ccccc3Cl)cc1)C=NC2. The fourth-order valence-electron chi connectivity index (χ4n) is 3.17. The third-order valence-corrected chi connectivity index (χ3v) is 4.88. The molecular weight excluding hydrogens is 344 g/mol. The quantitative estimate of drug-likeness (QED) is 0.658. The summed E-state index contributed by atoms with van der Waals surface area (Å²) in [6, 6.07) is 19.2. The molecule has 3 aromatic rings. The number of rotatable bonds is 3. The molecule has 0 fully saturated rings. The fraction of sp³-hybridized carbons (Fsp3) is 0.0909. The summed E-state index contributed by atoms with van der Waals surface area (Å²) in [7, 11) is 0. The molecule has 4 heteroatoms. The van der Waals surface area contributed by atoms with Gasteiger partial charge in [0.05, 0.1) is 17.1 Å². The average molecular weight is 361 g/mol. The van der Waals surface area contributed by atoms with Gasteiger partial charge in [-0.15, -0.1) is 0 Å². The molecule has 0 aromatic heterocycles. The van der Waals surface area contributed by atoms with E-state index in [9.17, 15) is 4.79 Å². The molecule has 0 aliphatic carbocycles. The van der Waals surface area contributed by atoms with Gasteiger partial charge in [-0.1, -0.05) is 41.9 Å². The summed E-state index contributed by atoms with van der Waals surface area (Å²) < 4.78 is 0. The monoisotopic (exact) mass is 360 g/mol. The number of fused-ring (bicyclic) bond motifs is 1. The van der Waals surface area contributed by atoms with Crippen molar-refractivity contribution in [3.05, 3.63) is 87.9 Å². The van der Waals surface area contributed by atoms with Crippen molar-refractivity contribution >= 4 is 29.4 Å². The predicted molar refractivity (Wildman–Crippen MR) is 107 cm³/mol. The van der Waals surface area contributed by atoms with E-state index in [1.165, 1.54) is 22.3 Å². The van der Waals surface area contributed by atoms with Crippen LogP contribution in [0.4, 0.5) is 5.69 Å². The van der Waals surface area contributed by atoms with Crippen LogP contribution in [0.15, 0.2) is 65.7 Å². The van der Waals surface area contributed by atoms with Gasteiger partial charge < -0.3 is 5.32 Å². The Kier molecular flexibility index (Phi) is 4.31. The molecular formula is C22H17ClN2O. The molecule has 0 atom stereocenters. The summed E-state index contributed by atoms with van der Waals surface area (Å²) in [6.07, 6.45) is 1.93. The van der Waals surface area contributed by atoms with Gasteiger partial charge in [-0.25, -0.2) is 0 Å². The molecule has 1 aliphatic rings. The molecule has 4 rings (SSSR count). The van der Waals surface area contributed by atoms with Crippen LogP contribution in [0, 0.1) is 6.92 Å². The van der Waals surface area contributed by atoms with Crippen molar-refractivity contribution in [2.45, 2.75) is 13.5 Å². The van der Waals surface area contributed by atoms with E-state index in [1.807, 2.05) is 30.5 Å². The van der Waals surface area contributed by atoms with Gasteiger partial charge in [0.25, 0.3) is 5.91 Å². The summed E-state index contributed by atoms with van der Waals surface area (Å²) >= 11 is 6.08. The van der Waals surface area contributed by atoms with Gasteiger partial charge >= 0.3 is 0 Å². The van der Waals surface area contributed by atoms with Crippen molar-refractivity contribution in [1.82, 2.24) is 0 Å². The summed E-state index contributed by atoms with van der Waals surface area (Å²) in [5.74, 6) is -0.215. The first-order valence-electron chi connectivity index (χ1n) is 8.41. The molecule has 1 heterocycles. The first-order chi connectivity index (χ1) is 12.6. The number of anilines is 1. The number of nitrogens with zero attached hydrogens (tertiary/aromatic N) is 1. The topological polar surface area (TPSA) is 41.5 Å². The minimum absolute atomic E-state index is 0.215. The highest BCUT2D eigenvalue weighted by molar-refractivity contribution is 6.34. The standard InChI is InChI=1S/C22H17ClN2O/c1-14-10-16-12-24-13-17(16)11-20(14)15-6-8-18(9-7-15)25-22(26)19-4-2-3-5-21(19)23/h2-11,13H,12H2,1H3,(H,25,26). The second-order valence-electron chi connectivity index (χ2n) is 6.35. The number of halogens is 1. The minimum Gasteiger partial charge on any atom is -0.322 e. The van der Waals surface area contributed by atoms with E-state index in [0.29, 0.717) is 10.6 Å². The Morgan fingerprint density at radius 3 is 2.62 bits per heavy atom. The zero-order chi connectivity index (χ0) is 18.1. The van der Waals surface area contributed by atoms with Crippen molar-refractivity contribution in [2.24, 2.45) is 4.99 Å². The number of aryl methyl sites for hydroxylation is 1. The molecule has 0 bridgehead atoms. The van der Waals surface area contributed by atoms with Crippen LogP contribution in [0.3, 0.4) is 0 Å². The Balaban J connectivity index is 1.57. The van der Waals surface area contributed by atoms with Gasteiger partial charge in [0, 0.05) is 11.9 Å². The van der Waals surface area contributed by atoms with Crippen LogP contribution in [0.2, 0.25) is 5.02 Å². The number of hydrogen-bond donors (Lipinski definition) is 1. The maximum Gasteiger partial charge on any atom is 0.257 e. The second kappa shape index (κ2) is 6.77. The normalized spacial score (nSPS) is 12.1. The van der Waals surface area contributed by atoms with Crippen LogP contribution in [-0.2, 0) is 6.54 Å². The molecule has 3 nitrogen and oxygen atoms in total. The number of aliphatic imine (C=N–C) groups is 1. The number of carbonyl (C=O) groups excluding carboxylic acids is 1. The lowest BCUT2D eigenvalue weighted by molar-refractivity contribution is 0.102. The first kappa shape index (κ1) is 16.6. The number of nitrogens with one attached hydrogen (secondary N) is 1. The smallest absolute Gasteiger partial charge is 0.257 e. The van der Waals surface area contributed by atoms with E-state index in [-0.39, 0.29) is 5.91 Å². The van der Waals surface area contributed by atoms with E-state index >= 15 is 0 Å². The lowest BCUT2D eigenvalue weighted by atomic mass is 9.95. The summed E-state index contributed by atoms with van der Waals surface area (Å²) in [5.41, 5.74) is 7.17. The Bertz CT molecular complexity index is 1020. The van der Waals surface area contributed by atoms with Crippen molar-refractivity contribution < 1.29 is 4.79 Å². The van der Waals surface area contributed by atoms with Crippen LogP contribution in [0.5, 0.6) is 0 Å². The fourth-order valence-corrected chi connectivity index (χ4v) is 3.39. The van der Waals surface area contributed by atoms with Gasteiger partial charge in [0.1, 0.15) is 0 Å². The summed E-state index contributed by atoms with van der Waals surface area (Å²) in [5, 5.41) is 3.33. The van der Waals surface area contributed by atoms with Crippen LogP contribution in [0.25, 0.3) is 11.1 Å². The maximum atomic E-state index is 12.4. The van der Waals surface area contributed by atoms with Gasteiger partial charge in [-0.05, 0) is 65.1 Å². The van der Waals surface area contributed by atoms with E-state index in [0.717, 1.165) is 17.8 Å². The lowest BCUT2D eigenvalue weighted by Crippen LogP contribution is -2.12. The molecule has 1 aliphatic heterocycles. The molecule has 3 aromatic carbocycles. The van der Waals surface area contributed by atoms with Crippen LogP contribution < -0.4 is 5.32 Å². The van der Waals surface area contributed by atoms with E-state index < -0.39 is 0 Å². The Morgan fingerprint density at radius 1 is 1.08 bits per heavy atom. The van der Waals surface area contributed by atoms with E-state index in [4.69, 9.17) is 11.6 Å². The highest BCUT2D eigenvalue weighted by Crippen LogP contribution is 2.29. The molecule has 26 heavy (non-hydrogen) atoms. The molecule has 1 N–H and O–H groups in total. The molecule has 1 amide bonds. The molecule has 0 spiro atoms. The van der Waals surface area contributed by atoms with Gasteiger partial charge in [0.2, 0.25) is 0 Å². The molecule has 128 valence electrons. The number of amides is 1. The predicted octanol–water partition coefficient (Wildman–Crippen LogP) is 5.50.